The third kappa shape index (κ3) is 2.50. The Kier molecular flexibility index (Phi) is 3.64. The second kappa shape index (κ2) is 4.93. The van der Waals surface area contributed by atoms with Gasteiger partial charge >= 0.3 is 5.97 Å². The third-order valence-corrected chi connectivity index (χ3v) is 5.03. The van der Waals surface area contributed by atoms with Crippen molar-refractivity contribution in [3.05, 3.63) is 12.5 Å². The van der Waals surface area contributed by atoms with Crippen molar-refractivity contribution in [2.75, 3.05) is 6.54 Å². The molecule has 0 aliphatic carbocycles. The van der Waals surface area contributed by atoms with Crippen LogP contribution in [0.25, 0.3) is 0 Å². The summed E-state index contributed by atoms with van der Waals surface area (Å²) >= 11 is 0. The predicted molar refractivity (Wildman–Crippen MR) is 67.2 cm³/mol. The van der Waals surface area contributed by atoms with Crippen molar-refractivity contribution < 1.29 is 18.3 Å². The Morgan fingerprint density at radius 2 is 2.21 bits per heavy atom. The summed E-state index contributed by atoms with van der Waals surface area (Å²) in [6.07, 6.45) is 3.79. The fraction of sp³-hybridized carbons (Fsp3) is 0.636. The maximum absolute atomic E-state index is 12.4. The first-order valence-corrected chi connectivity index (χ1v) is 7.56. The molecule has 8 heteroatoms. The number of rotatable bonds is 4. The van der Waals surface area contributed by atoms with Crippen LogP contribution >= 0.6 is 0 Å². The molecule has 1 saturated heterocycles. The summed E-state index contributed by atoms with van der Waals surface area (Å²) in [7, 11) is -3.83. The monoisotopic (exact) mass is 287 g/mol. The highest BCUT2D eigenvalue weighted by Crippen LogP contribution is 2.25. The Morgan fingerprint density at radius 1 is 1.53 bits per heavy atom. The molecule has 1 fully saturated rings. The summed E-state index contributed by atoms with van der Waals surface area (Å²) < 4.78 is 27.5. The molecule has 2 rings (SSSR count). The van der Waals surface area contributed by atoms with E-state index >= 15 is 0 Å². The molecule has 1 aromatic rings. The van der Waals surface area contributed by atoms with Gasteiger partial charge in [0.25, 0.3) is 10.0 Å². The third-order valence-electron chi connectivity index (χ3n) is 3.24. The average molecular weight is 287 g/mol. The molecular formula is C11H17N3O4S. The van der Waals surface area contributed by atoms with Crippen molar-refractivity contribution in [2.24, 2.45) is 0 Å². The van der Waals surface area contributed by atoms with Gasteiger partial charge in [0.15, 0.2) is 5.03 Å². The number of sulfonamides is 1. The SMILES string of the molecule is CC(C)n1cnc(S(=O)(=O)N2CCC[C@@H]2C(=O)O)c1. The van der Waals surface area contributed by atoms with Crippen molar-refractivity contribution >= 4 is 16.0 Å². The van der Waals surface area contributed by atoms with Crippen molar-refractivity contribution in [3.8, 4) is 0 Å². The van der Waals surface area contributed by atoms with Crippen LogP contribution in [0.3, 0.4) is 0 Å². The zero-order valence-electron chi connectivity index (χ0n) is 10.9. The molecule has 1 aliphatic rings. The smallest absolute Gasteiger partial charge is 0.322 e. The number of nitrogens with zero attached hydrogens (tertiary/aromatic N) is 3. The summed E-state index contributed by atoms with van der Waals surface area (Å²) in [5.41, 5.74) is 0. The first-order chi connectivity index (χ1) is 8.84. The second-order valence-electron chi connectivity index (χ2n) is 4.86. The van der Waals surface area contributed by atoms with Crippen LogP contribution in [0.4, 0.5) is 0 Å². The van der Waals surface area contributed by atoms with Gasteiger partial charge in [0.2, 0.25) is 0 Å². The molecule has 0 aromatic carbocycles. The number of aliphatic carboxylic acids is 1. The van der Waals surface area contributed by atoms with Gasteiger partial charge in [-0.05, 0) is 26.7 Å². The van der Waals surface area contributed by atoms with Crippen LogP contribution in [0, 0.1) is 0 Å². The molecule has 0 radical (unpaired) electrons. The number of hydrogen-bond acceptors (Lipinski definition) is 4. The van der Waals surface area contributed by atoms with Gasteiger partial charge in [-0.3, -0.25) is 4.79 Å². The van der Waals surface area contributed by atoms with Crippen LogP contribution in [-0.4, -0.2) is 45.9 Å². The molecule has 0 spiro atoms. The number of carboxylic acids is 1. The molecule has 7 nitrogen and oxygen atoms in total. The summed E-state index contributed by atoms with van der Waals surface area (Å²) in [5, 5.41) is 8.97. The fourth-order valence-electron chi connectivity index (χ4n) is 2.13. The largest absolute Gasteiger partial charge is 0.480 e. The van der Waals surface area contributed by atoms with E-state index in [1.165, 1.54) is 12.5 Å². The Morgan fingerprint density at radius 3 is 2.74 bits per heavy atom. The first kappa shape index (κ1) is 14.0. The zero-order chi connectivity index (χ0) is 14.2. The number of hydrogen-bond donors (Lipinski definition) is 1. The fourth-order valence-corrected chi connectivity index (χ4v) is 3.70. The van der Waals surface area contributed by atoms with E-state index in [1.807, 2.05) is 13.8 Å². The maximum Gasteiger partial charge on any atom is 0.322 e. The average Bonchev–Trinajstić information content (AvgIpc) is 2.98. The quantitative estimate of drug-likeness (QED) is 0.880. The number of imidazole rings is 1. The maximum atomic E-state index is 12.4. The van der Waals surface area contributed by atoms with E-state index in [9.17, 15) is 13.2 Å². The minimum atomic E-state index is -3.83. The van der Waals surface area contributed by atoms with E-state index in [2.05, 4.69) is 4.98 Å². The van der Waals surface area contributed by atoms with Crippen molar-refractivity contribution in [1.82, 2.24) is 13.9 Å². The van der Waals surface area contributed by atoms with E-state index in [0.717, 1.165) is 4.31 Å². The van der Waals surface area contributed by atoms with Gasteiger partial charge in [-0.2, -0.15) is 4.31 Å². The van der Waals surface area contributed by atoms with Crippen LogP contribution in [0.5, 0.6) is 0 Å². The summed E-state index contributed by atoms with van der Waals surface area (Å²) in [5.74, 6) is -1.11. The van der Waals surface area contributed by atoms with Gasteiger partial charge in [0.05, 0.1) is 6.33 Å². The van der Waals surface area contributed by atoms with Crippen molar-refractivity contribution in [2.45, 2.75) is 43.8 Å². The highest BCUT2D eigenvalue weighted by Gasteiger charge is 2.40. The number of carbonyl (C=O) groups is 1. The Labute approximate surface area is 111 Å². The van der Waals surface area contributed by atoms with Crippen LogP contribution in [0.1, 0.15) is 32.7 Å². The zero-order valence-corrected chi connectivity index (χ0v) is 11.7. The van der Waals surface area contributed by atoms with Crippen molar-refractivity contribution in [1.29, 1.82) is 0 Å². The molecule has 19 heavy (non-hydrogen) atoms. The molecule has 1 atom stereocenters. The molecular weight excluding hydrogens is 270 g/mol. The summed E-state index contributed by atoms with van der Waals surface area (Å²) in [4.78, 5) is 15.0. The molecule has 0 saturated carbocycles. The Hall–Kier alpha value is -1.41. The molecule has 0 bridgehead atoms. The highest BCUT2D eigenvalue weighted by atomic mass is 32.2. The predicted octanol–water partition coefficient (Wildman–Crippen LogP) is 0.702. The minimum absolute atomic E-state index is 0.0886. The number of carboxylic acid groups (broad SMARTS) is 1. The van der Waals surface area contributed by atoms with E-state index in [4.69, 9.17) is 5.11 Å². The number of aromatic nitrogens is 2. The minimum Gasteiger partial charge on any atom is -0.480 e. The Bertz CT molecular complexity index is 579. The highest BCUT2D eigenvalue weighted by molar-refractivity contribution is 7.89. The lowest BCUT2D eigenvalue weighted by atomic mass is 10.2. The van der Waals surface area contributed by atoms with Crippen LogP contribution < -0.4 is 0 Å². The van der Waals surface area contributed by atoms with E-state index in [1.54, 1.807) is 4.57 Å². The standard InChI is InChI=1S/C11H17N3O4S/c1-8(2)13-6-10(12-7-13)19(17,18)14-5-3-4-9(14)11(15)16/h6-9H,3-5H2,1-2H3,(H,15,16)/t9-/m1/s1. The lowest BCUT2D eigenvalue weighted by Gasteiger charge is -2.19. The molecule has 1 aromatic heterocycles. The molecule has 2 heterocycles. The molecule has 1 aliphatic heterocycles. The Balaban J connectivity index is 2.33. The second-order valence-corrected chi connectivity index (χ2v) is 6.70. The van der Waals surface area contributed by atoms with Gasteiger partial charge < -0.3 is 9.67 Å². The van der Waals surface area contributed by atoms with E-state index in [-0.39, 0.29) is 17.6 Å². The normalized spacial score (nSPS) is 21.1. The van der Waals surface area contributed by atoms with Gasteiger partial charge in [0, 0.05) is 18.8 Å². The molecule has 106 valence electrons. The molecule has 0 unspecified atom stereocenters. The van der Waals surface area contributed by atoms with Crippen molar-refractivity contribution in [3.63, 3.8) is 0 Å². The van der Waals surface area contributed by atoms with Crippen LogP contribution in [0.15, 0.2) is 17.6 Å². The van der Waals surface area contributed by atoms with Gasteiger partial charge in [-0.15, -0.1) is 0 Å². The first-order valence-electron chi connectivity index (χ1n) is 6.12. The molecule has 1 N–H and O–H groups in total. The molecule has 0 amide bonds. The van der Waals surface area contributed by atoms with E-state index < -0.39 is 22.0 Å². The van der Waals surface area contributed by atoms with Crippen LogP contribution in [-0.2, 0) is 14.8 Å². The lowest BCUT2D eigenvalue weighted by molar-refractivity contribution is -0.140. The van der Waals surface area contributed by atoms with Gasteiger partial charge in [0.1, 0.15) is 6.04 Å². The van der Waals surface area contributed by atoms with Crippen LogP contribution in [0.2, 0.25) is 0 Å². The summed E-state index contributed by atoms with van der Waals surface area (Å²) in [6.45, 7) is 4.05. The lowest BCUT2D eigenvalue weighted by Crippen LogP contribution is -2.40. The van der Waals surface area contributed by atoms with E-state index in [0.29, 0.717) is 12.8 Å². The summed E-state index contributed by atoms with van der Waals surface area (Å²) in [6, 6.07) is -0.875. The van der Waals surface area contributed by atoms with Gasteiger partial charge in [-0.25, -0.2) is 13.4 Å². The topological polar surface area (TPSA) is 92.5 Å². The van der Waals surface area contributed by atoms with Gasteiger partial charge in [-0.1, -0.05) is 0 Å².